The van der Waals surface area contributed by atoms with Gasteiger partial charge in [0.05, 0.1) is 12.6 Å². The van der Waals surface area contributed by atoms with Gasteiger partial charge >= 0.3 is 0 Å². The van der Waals surface area contributed by atoms with Crippen LogP contribution in [0.5, 0.6) is 0 Å². The Morgan fingerprint density at radius 2 is 1.55 bits per heavy atom. The summed E-state index contributed by atoms with van der Waals surface area (Å²) in [4.78, 5) is 12.1. The molecule has 0 aromatic heterocycles. The van der Waals surface area contributed by atoms with Crippen molar-refractivity contribution in [3.63, 3.8) is 0 Å². The van der Waals surface area contributed by atoms with Gasteiger partial charge in [-0.1, -0.05) is 48.5 Å². The molecule has 0 aliphatic carbocycles. The number of carbonyl (C=O) groups is 1. The molecule has 0 saturated carbocycles. The molecule has 5 nitrogen and oxygen atoms in total. The molecule has 0 bridgehead atoms. The zero-order valence-corrected chi connectivity index (χ0v) is 17.7. The van der Waals surface area contributed by atoms with E-state index < -0.39 is 0 Å². The number of aliphatic hydroxyl groups excluding tert-OH is 1. The molecular formula is C24H35N3O2. The normalized spacial score (nSPS) is 12.0. The van der Waals surface area contributed by atoms with E-state index in [1.165, 1.54) is 5.56 Å². The second-order valence-electron chi connectivity index (χ2n) is 7.58. The Bertz CT molecular complexity index is 714. The third kappa shape index (κ3) is 9.22. The molecule has 0 saturated heterocycles. The first kappa shape index (κ1) is 23.1. The third-order valence-electron chi connectivity index (χ3n) is 4.96. The van der Waals surface area contributed by atoms with Gasteiger partial charge < -0.3 is 21.1 Å². The average Bonchev–Trinajstić information content (AvgIpc) is 2.70. The average molecular weight is 398 g/mol. The minimum absolute atomic E-state index is 0.00655. The summed E-state index contributed by atoms with van der Waals surface area (Å²) < 4.78 is 0. The molecule has 5 heteroatoms. The first-order valence-corrected chi connectivity index (χ1v) is 10.6. The molecule has 1 unspecified atom stereocenters. The van der Waals surface area contributed by atoms with E-state index >= 15 is 0 Å². The summed E-state index contributed by atoms with van der Waals surface area (Å²) >= 11 is 0. The summed E-state index contributed by atoms with van der Waals surface area (Å²) in [6, 6.07) is 16.1. The van der Waals surface area contributed by atoms with Crippen molar-refractivity contribution in [2.75, 3.05) is 31.5 Å². The van der Waals surface area contributed by atoms with Crippen LogP contribution in [0.25, 0.3) is 0 Å². The molecule has 0 radical (unpaired) electrons. The fourth-order valence-electron chi connectivity index (χ4n) is 3.28. The number of hydrogen-bond acceptors (Lipinski definition) is 4. The van der Waals surface area contributed by atoms with E-state index in [9.17, 15) is 9.90 Å². The molecule has 2 rings (SSSR count). The Morgan fingerprint density at radius 3 is 2.24 bits per heavy atom. The van der Waals surface area contributed by atoms with Crippen molar-refractivity contribution in [1.82, 2.24) is 10.6 Å². The van der Waals surface area contributed by atoms with Crippen molar-refractivity contribution < 1.29 is 9.90 Å². The van der Waals surface area contributed by atoms with Gasteiger partial charge in [0.2, 0.25) is 5.91 Å². The van der Waals surface area contributed by atoms with Crippen LogP contribution in [0, 0.1) is 13.8 Å². The minimum atomic E-state index is -0.304. The van der Waals surface area contributed by atoms with Gasteiger partial charge in [0.25, 0.3) is 0 Å². The third-order valence-corrected chi connectivity index (χ3v) is 4.96. The van der Waals surface area contributed by atoms with Gasteiger partial charge in [0.15, 0.2) is 0 Å². The molecule has 29 heavy (non-hydrogen) atoms. The van der Waals surface area contributed by atoms with Gasteiger partial charge in [0, 0.05) is 5.69 Å². The van der Waals surface area contributed by atoms with Crippen LogP contribution in [0.3, 0.4) is 0 Å². The van der Waals surface area contributed by atoms with E-state index in [-0.39, 0.29) is 12.0 Å². The Morgan fingerprint density at radius 1 is 0.897 bits per heavy atom. The van der Waals surface area contributed by atoms with E-state index in [4.69, 9.17) is 0 Å². The van der Waals surface area contributed by atoms with Crippen molar-refractivity contribution >= 4 is 11.6 Å². The summed E-state index contributed by atoms with van der Waals surface area (Å²) in [5, 5.41) is 19.6. The largest absolute Gasteiger partial charge is 0.393 e. The van der Waals surface area contributed by atoms with E-state index in [1.807, 2.05) is 62.4 Å². The smallest absolute Gasteiger partial charge is 0.238 e. The van der Waals surface area contributed by atoms with Gasteiger partial charge in [-0.3, -0.25) is 4.79 Å². The molecular weight excluding hydrogens is 362 g/mol. The van der Waals surface area contributed by atoms with E-state index in [2.05, 4.69) is 16.0 Å². The number of unbranched alkanes of at least 4 members (excludes halogenated alkanes) is 1. The Hall–Kier alpha value is -2.21. The van der Waals surface area contributed by atoms with Crippen molar-refractivity contribution in [3.05, 3.63) is 65.2 Å². The highest BCUT2D eigenvalue weighted by Gasteiger charge is 2.07. The summed E-state index contributed by atoms with van der Waals surface area (Å²) in [6.45, 7) is 6.90. The summed E-state index contributed by atoms with van der Waals surface area (Å²) in [5.41, 5.74) is 4.25. The second kappa shape index (κ2) is 13.1. The Balaban J connectivity index is 1.45. The second-order valence-corrected chi connectivity index (χ2v) is 7.58. The molecule has 2 aromatic carbocycles. The maximum absolute atomic E-state index is 12.1. The zero-order chi connectivity index (χ0) is 20.9. The number of para-hydroxylation sites is 1. The molecule has 4 N–H and O–H groups in total. The first-order chi connectivity index (χ1) is 14.1. The van der Waals surface area contributed by atoms with Crippen LogP contribution in [0.4, 0.5) is 5.69 Å². The number of aliphatic hydroxyl groups is 1. The van der Waals surface area contributed by atoms with Crippen molar-refractivity contribution in [2.45, 2.75) is 45.6 Å². The predicted molar refractivity (Wildman–Crippen MR) is 120 cm³/mol. The number of rotatable bonds is 13. The van der Waals surface area contributed by atoms with Gasteiger partial charge in [-0.15, -0.1) is 0 Å². The Kier molecular flexibility index (Phi) is 10.4. The van der Waals surface area contributed by atoms with Gasteiger partial charge in [-0.2, -0.15) is 0 Å². The SMILES string of the molecule is Cc1cccc(C)c1NC(=O)CNCCCCNCCC(O)Cc1ccccc1. The maximum Gasteiger partial charge on any atom is 0.238 e. The number of nitrogens with one attached hydrogen (secondary N) is 3. The molecule has 158 valence electrons. The summed E-state index contributed by atoms with van der Waals surface area (Å²) in [5.74, 6) is -0.00655. The highest BCUT2D eigenvalue weighted by molar-refractivity contribution is 5.93. The summed E-state index contributed by atoms with van der Waals surface area (Å²) in [6.07, 6.45) is 3.21. The highest BCUT2D eigenvalue weighted by atomic mass is 16.3. The number of hydrogen-bond donors (Lipinski definition) is 4. The molecule has 0 heterocycles. The van der Waals surface area contributed by atoms with Crippen LogP contribution in [0.1, 0.15) is 36.0 Å². The lowest BCUT2D eigenvalue weighted by molar-refractivity contribution is -0.115. The zero-order valence-electron chi connectivity index (χ0n) is 17.7. The van der Waals surface area contributed by atoms with Crippen molar-refractivity contribution in [3.8, 4) is 0 Å². The minimum Gasteiger partial charge on any atom is -0.393 e. The van der Waals surface area contributed by atoms with Crippen LogP contribution in [-0.2, 0) is 11.2 Å². The van der Waals surface area contributed by atoms with Crippen molar-refractivity contribution in [2.24, 2.45) is 0 Å². The van der Waals surface area contributed by atoms with Crippen LogP contribution in [0.2, 0.25) is 0 Å². The quantitative estimate of drug-likeness (QED) is 0.392. The molecule has 0 spiro atoms. The van der Waals surface area contributed by atoms with Gasteiger partial charge in [-0.05, 0) is 75.9 Å². The summed E-state index contributed by atoms with van der Waals surface area (Å²) in [7, 11) is 0. The molecule has 0 aliphatic heterocycles. The molecule has 2 aromatic rings. The number of aryl methyl sites for hydroxylation is 2. The van der Waals surface area contributed by atoms with E-state index in [1.54, 1.807) is 0 Å². The predicted octanol–water partition coefficient (Wildman–Crippen LogP) is 3.20. The number of benzene rings is 2. The monoisotopic (exact) mass is 397 g/mol. The molecule has 1 atom stereocenters. The molecule has 0 aliphatic rings. The topological polar surface area (TPSA) is 73.4 Å². The van der Waals surface area contributed by atoms with Crippen LogP contribution < -0.4 is 16.0 Å². The highest BCUT2D eigenvalue weighted by Crippen LogP contribution is 2.18. The first-order valence-electron chi connectivity index (χ1n) is 10.6. The van der Waals surface area contributed by atoms with E-state index in [0.717, 1.165) is 55.7 Å². The molecule has 0 fully saturated rings. The fourth-order valence-corrected chi connectivity index (χ4v) is 3.28. The fraction of sp³-hybridized carbons (Fsp3) is 0.458. The number of carbonyl (C=O) groups excluding carboxylic acids is 1. The molecule has 1 amide bonds. The standard InChI is InChI=1S/C24H35N3O2/c1-19-9-8-10-20(2)24(19)27-23(29)18-26-15-7-6-14-25-16-13-22(28)17-21-11-4-3-5-12-21/h3-5,8-12,22,25-26,28H,6-7,13-18H2,1-2H3,(H,27,29). The van der Waals surface area contributed by atoms with Crippen LogP contribution in [0.15, 0.2) is 48.5 Å². The lowest BCUT2D eigenvalue weighted by atomic mass is 10.1. The van der Waals surface area contributed by atoms with Gasteiger partial charge in [0.1, 0.15) is 0 Å². The van der Waals surface area contributed by atoms with Crippen LogP contribution >= 0.6 is 0 Å². The lowest BCUT2D eigenvalue weighted by Gasteiger charge is -2.12. The Labute approximate surface area is 174 Å². The number of anilines is 1. The number of amides is 1. The van der Waals surface area contributed by atoms with Crippen LogP contribution in [-0.4, -0.2) is 43.3 Å². The maximum atomic E-state index is 12.1. The lowest BCUT2D eigenvalue weighted by Crippen LogP contribution is -2.29. The van der Waals surface area contributed by atoms with Crippen molar-refractivity contribution in [1.29, 1.82) is 0 Å². The van der Waals surface area contributed by atoms with Gasteiger partial charge in [-0.25, -0.2) is 0 Å². The van der Waals surface area contributed by atoms with E-state index in [0.29, 0.717) is 13.0 Å².